The Hall–Kier alpha value is -3.12. The number of Topliss-reactive ketones (excluding diaryl/α,β-unsaturated/α-hetero) is 1. The molecular formula is C27H36N4O4SSi2. The topological polar surface area (TPSA) is 113 Å². The van der Waals surface area contributed by atoms with Gasteiger partial charge in [0.2, 0.25) is 5.78 Å². The van der Waals surface area contributed by atoms with Gasteiger partial charge in [-0.3, -0.25) is 9.59 Å². The van der Waals surface area contributed by atoms with Gasteiger partial charge in [-0.2, -0.15) is 4.79 Å². The number of carbonyl (C=O) groups is 2. The van der Waals surface area contributed by atoms with E-state index in [4.69, 9.17) is 0 Å². The molecule has 0 unspecified atom stereocenters. The van der Waals surface area contributed by atoms with Crippen molar-refractivity contribution in [1.82, 2.24) is 8.87 Å². The fourth-order valence-corrected chi connectivity index (χ4v) is 19.9. The third-order valence-corrected chi connectivity index (χ3v) is 17.5. The zero-order chi connectivity index (χ0) is 28.6. The summed E-state index contributed by atoms with van der Waals surface area (Å²) in [4.78, 5) is 31.0. The number of benzene rings is 2. The van der Waals surface area contributed by atoms with Crippen LogP contribution in [0.3, 0.4) is 0 Å². The van der Waals surface area contributed by atoms with E-state index in [1.54, 1.807) is 47.4 Å². The molecule has 0 spiro atoms. The van der Waals surface area contributed by atoms with Crippen molar-refractivity contribution in [1.29, 1.82) is 0 Å². The molecule has 202 valence electrons. The number of nitrogens with zero attached hydrogens (tertiary/aromatic N) is 4. The highest BCUT2D eigenvalue weighted by Crippen LogP contribution is 2.33. The molecule has 0 aliphatic carbocycles. The van der Waals surface area contributed by atoms with Crippen LogP contribution in [0.4, 0.5) is 0 Å². The number of rotatable bonds is 9. The SMILES string of the molecule is CC(=O)C(=[N+]=[N-])C(=O)N(Cc1c(C)c2ccccc2n1S(=O)(=O)c1ccccc1)C([Si](C)(C)C)[Si](C)(C)C. The first-order valence-corrected chi connectivity index (χ1v) is 21.1. The van der Waals surface area contributed by atoms with E-state index in [9.17, 15) is 23.5 Å². The normalized spacial score (nSPS) is 12.4. The Morgan fingerprint density at radius 2 is 1.47 bits per heavy atom. The van der Waals surface area contributed by atoms with Crippen LogP contribution < -0.4 is 0 Å². The van der Waals surface area contributed by atoms with Crippen LogP contribution in [0.5, 0.6) is 0 Å². The van der Waals surface area contributed by atoms with Crippen molar-refractivity contribution in [2.45, 2.75) is 69.9 Å². The third kappa shape index (κ3) is 5.51. The van der Waals surface area contributed by atoms with Gasteiger partial charge >= 0.3 is 11.6 Å². The monoisotopic (exact) mass is 568 g/mol. The summed E-state index contributed by atoms with van der Waals surface area (Å²) in [6.07, 6.45) is 0. The van der Waals surface area contributed by atoms with Crippen LogP contribution in [-0.4, -0.2) is 60.9 Å². The lowest BCUT2D eigenvalue weighted by molar-refractivity contribution is -0.132. The second-order valence-electron chi connectivity index (χ2n) is 11.7. The van der Waals surface area contributed by atoms with Crippen molar-refractivity contribution in [2.75, 3.05) is 0 Å². The van der Waals surface area contributed by atoms with Crippen LogP contribution in [-0.2, 0) is 26.2 Å². The Labute approximate surface area is 227 Å². The lowest BCUT2D eigenvalue weighted by Crippen LogP contribution is -2.65. The van der Waals surface area contributed by atoms with Crippen LogP contribution in [0.1, 0.15) is 18.2 Å². The molecule has 2 aromatic carbocycles. The van der Waals surface area contributed by atoms with E-state index in [2.05, 4.69) is 44.1 Å². The summed E-state index contributed by atoms with van der Waals surface area (Å²) in [6.45, 7) is 15.9. The minimum atomic E-state index is -4.03. The molecule has 11 heteroatoms. The van der Waals surface area contributed by atoms with E-state index in [-0.39, 0.29) is 16.7 Å². The quantitative estimate of drug-likeness (QED) is 0.120. The number of ketones is 1. The molecule has 0 saturated heterocycles. The second-order valence-corrected chi connectivity index (χ2v) is 24.7. The van der Waals surface area contributed by atoms with Crippen LogP contribution in [0.15, 0.2) is 59.5 Å². The van der Waals surface area contributed by atoms with Gasteiger partial charge in [0, 0.05) is 17.6 Å². The molecule has 0 aliphatic rings. The minimum Gasteiger partial charge on any atom is -0.360 e. The average Bonchev–Trinajstić information content (AvgIpc) is 3.09. The number of hydrogen-bond acceptors (Lipinski definition) is 4. The third-order valence-electron chi connectivity index (χ3n) is 6.66. The number of amides is 1. The van der Waals surface area contributed by atoms with E-state index in [0.717, 1.165) is 10.9 Å². The Kier molecular flexibility index (Phi) is 8.19. The number of hydrogen-bond donors (Lipinski definition) is 0. The van der Waals surface area contributed by atoms with Gasteiger partial charge in [0.15, 0.2) is 0 Å². The average molecular weight is 569 g/mol. The van der Waals surface area contributed by atoms with Crippen molar-refractivity contribution < 1.29 is 22.8 Å². The first-order valence-electron chi connectivity index (χ1n) is 12.5. The van der Waals surface area contributed by atoms with Crippen molar-refractivity contribution in [3.05, 3.63) is 71.4 Å². The first-order chi connectivity index (χ1) is 17.5. The largest absolute Gasteiger partial charge is 0.421 e. The second kappa shape index (κ2) is 10.6. The van der Waals surface area contributed by atoms with E-state index < -0.39 is 43.6 Å². The molecule has 1 heterocycles. The van der Waals surface area contributed by atoms with Gasteiger partial charge in [0.05, 0.1) is 38.8 Å². The summed E-state index contributed by atoms with van der Waals surface area (Å²) in [7, 11) is -8.27. The van der Waals surface area contributed by atoms with Gasteiger partial charge in [0.1, 0.15) is 0 Å². The highest BCUT2D eigenvalue weighted by Gasteiger charge is 2.47. The lowest BCUT2D eigenvalue weighted by atomic mass is 10.1. The van der Waals surface area contributed by atoms with Gasteiger partial charge in [-0.1, -0.05) is 75.7 Å². The molecule has 1 aromatic heterocycles. The maximum atomic E-state index is 14.1. The van der Waals surface area contributed by atoms with Crippen LogP contribution in [0.2, 0.25) is 39.3 Å². The molecule has 0 N–H and O–H groups in total. The fourth-order valence-electron chi connectivity index (χ4n) is 5.65. The summed E-state index contributed by atoms with van der Waals surface area (Å²) in [6, 6.07) is 15.4. The van der Waals surface area contributed by atoms with Crippen LogP contribution in [0, 0.1) is 6.92 Å². The van der Waals surface area contributed by atoms with Gasteiger partial charge in [-0.05, 0) is 30.7 Å². The molecule has 3 rings (SSSR count). The standard InChI is InChI=1S/C27H36N4O4SSi2/c1-19-22-16-12-13-17-23(22)31(36(34,35)21-14-10-9-11-15-21)24(19)18-30(26(33)25(29-28)20(2)32)27(37(3,4)5)38(6,7)8/h9-17,27H,18H2,1-8H3. The van der Waals surface area contributed by atoms with Crippen LogP contribution >= 0.6 is 0 Å². The number of carbonyl (C=O) groups excluding carboxylic acids is 2. The maximum absolute atomic E-state index is 14.1. The maximum Gasteiger partial charge on any atom is 0.421 e. The summed E-state index contributed by atoms with van der Waals surface area (Å²) in [5, 5.41) is 0.568. The van der Waals surface area contributed by atoms with Gasteiger partial charge in [0.25, 0.3) is 10.0 Å². The number of aromatic nitrogens is 1. The number of aryl methyl sites for hydroxylation is 1. The lowest BCUT2D eigenvalue weighted by Gasteiger charge is -2.45. The molecule has 0 radical (unpaired) electrons. The van der Waals surface area contributed by atoms with Gasteiger partial charge < -0.3 is 10.4 Å². The first kappa shape index (κ1) is 29.4. The number of fused-ring (bicyclic) bond motifs is 1. The summed E-state index contributed by atoms with van der Waals surface area (Å²) < 4.78 is 29.4. The Bertz CT molecular complexity index is 1530. The molecule has 0 aliphatic heterocycles. The predicted octanol–water partition coefficient (Wildman–Crippen LogP) is 4.90. The minimum absolute atomic E-state index is 0.0586. The predicted molar refractivity (Wildman–Crippen MR) is 156 cm³/mol. The molecule has 8 nitrogen and oxygen atoms in total. The molecule has 0 fully saturated rings. The molecular weight excluding hydrogens is 533 g/mol. The summed E-state index contributed by atoms with van der Waals surface area (Å²) in [5.41, 5.74) is 10.7. The number of para-hydroxylation sites is 1. The van der Waals surface area contributed by atoms with Crippen LogP contribution in [0.25, 0.3) is 16.4 Å². The van der Waals surface area contributed by atoms with E-state index in [1.807, 2.05) is 19.1 Å². The Morgan fingerprint density at radius 3 is 1.97 bits per heavy atom. The molecule has 0 bridgehead atoms. The highest BCUT2D eigenvalue weighted by atomic mass is 32.2. The highest BCUT2D eigenvalue weighted by molar-refractivity contribution is 7.90. The van der Waals surface area contributed by atoms with Crippen molar-refractivity contribution >= 4 is 54.5 Å². The fraction of sp³-hybridized carbons (Fsp3) is 0.370. The Morgan fingerprint density at radius 1 is 0.947 bits per heavy atom. The molecule has 0 atom stereocenters. The van der Waals surface area contributed by atoms with E-state index in [1.165, 1.54) is 10.9 Å². The zero-order valence-corrected chi connectivity index (χ0v) is 26.1. The molecule has 38 heavy (non-hydrogen) atoms. The van der Waals surface area contributed by atoms with Gasteiger partial charge in [-0.15, -0.1) is 0 Å². The van der Waals surface area contributed by atoms with Crippen molar-refractivity contribution in [2.24, 2.45) is 0 Å². The van der Waals surface area contributed by atoms with Crippen molar-refractivity contribution in [3.8, 4) is 0 Å². The smallest absolute Gasteiger partial charge is 0.360 e. The van der Waals surface area contributed by atoms with E-state index >= 15 is 0 Å². The molecule has 3 aromatic rings. The molecule has 0 saturated carbocycles. The zero-order valence-electron chi connectivity index (χ0n) is 23.3. The van der Waals surface area contributed by atoms with Crippen molar-refractivity contribution in [3.63, 3.8) is 0 Å². The van der Waals surface area contributed by atoms with E-state index in [0.29, 0.717) is 11.2 Å². The molecule has 1 amide bonds. The summed E-state index contributed by atoms with van der Waals surface area (Å²) in [5.74, 6) is -1.34. The van der Waals surface area contributed by atoms with Gasteiger partial charge in [-0.25, -0.2) is 12.4 Å². The Balaban J connectivity index is 2.39. The summed E-state index contributed by atoms with van der Waals surface area (Å²) >= 11 is 0.